The minimum Gasteiger partial charge on any atom is -0.485 e. The van der Waals surface area contributed by atoms with E-state index in [0.29, 0.717) is 12.4 Å². The zero-order valence-corrected chi connectivity index (χ0v) is 13.1. The van der Waals surface area contributed by atoms with E-state index in [-0.39, 0.29) is 4.90 Å². The monoisotopic (exact) mass is 309 g/mol. The molecule has 0 atom stereocenters. The summed E-state index contributed by atoms with van der Waals surface area (Å²) in [6.07, 6.45) is 3.62. The highest BCUT2D eigenvalue weighted by molar-refractivity contribution is 7.89. The van der Waals surface area contributed by atoms with Gasteiger partial charge in [-0.05, 0) is 44.0 Å². The molecule has 0 aliphatic carbocycles. The third kappa shape index (κ3) is 3.43. The van der Waals surface area contributed by atoms with Crippen molar-refractivity contribution in [3.63, 3.8) is 0 Å². The number of hydrogen-bond donors (Lipinski definition) is 1. The second-order valence-corrected chi connectivity index (χ2v) is 6.41. The fourth-order valence-electron chi connectivity index (χ4n) is 2.21. The van der Waals surface area contributed by atoms with Gasteiger partial charge in [-0.1, -0.05) is 0 Å². The van der Waals surface area contributed by atoms with Crippen LogP contribution in [0.4, 0.5) is 0 Å². The molecule has 2 aromatic rings. The number of hydrogen-bond acceptors (Lipinski definition) is 4. The van der Waals surface area contributed by atoms with E-state index in [2.05, 4.69) is 4.98 Å². The minimum absolute atomic E-state index is 0.0971. The van der Waals surface area contributed by atoms with Crippen LogP contribution >= 0.6 is 0 Å². The number of imidazole rings is 1. The van der Waals surface area contributed by atoms with Gasteiger partial charge in [0.15, 0.2) is 0 Å². The molecule has 0 fully saturated rings. The fourth-order valence-corrected chi connectivity index (χ4v) is 2.89. The van der Waals surface area contributed by atoms with Crippen LogP contribution in [0.2, 0.25) is 0 Å². The van der Waals surface area contributed by atoms with Gasteiger partial charge in [0, 0.05) is 18.9 Å². The molecule has 1 aromatic heterocycles. The largest absolute Gasteiger partial charge is 0.485 e. The number of nitrogens with two attached hydrogens (primary N) is 1. The topological polar surface area (TPSA) is 87.2 Å². The zero-order chi connectivity index (χ0) is 15.6. The van der Waals surface area contributed by atoms with Gasteiger partial charge < -0.3 is 9.30 Å². The van der Waals surface area contributed by atoms with Crippen molar-refractivity contribution in [1.29, 1.82) is 0 Å². The van der Waals surface area contributed by atoms with Gasteiger partial charge in [-0.2, -0.15) is 0 Å². The Balaban J connectivity index is 2.25. The molecule has 0 saturated carbocycles. The second-order valence-electron chi connectivity index (χ2n) is 4.85. The molecule has 21 heavy (non-hydrogen) atoms. The van der Waals surface area contributed by atoms with E-state index in [9.17, 15) is 8.42 Å². The highest BCUT2D eigenvalue weighted by Gasteiger charge is 2.14. The summed E-state index contributed by atoms with van der Waals surface area (Å²) < 4.78 is 30.6. The van der Waals surface area contributed by atoms with E-state index in [1.54, 1.807) is 20.0 Å². The fraction of sp³-hybridized carbons (Fsp3) is 0.357. The lowest BCUT2D eigenvalue weighted by Gasteiger charge is -2.14. The van der Waals surface area contributed by atoms with Crippen LogP contribution in [0.3, 0.4) is 0 Å². The molecule has 114 valence electrons. The first kappa shape index (κ1) is 15.5. The number of benzene rings is 1. The van der Waals surface area contributed by atoms with E-state index >= 15 is 0 Å². The Morgan fingerprint density at radius 2 is 1.90 bits per heavy atom. The van der Waals surface area contributed by atoms with Crippen molar-refractivity contribution in [2.24, 2.45) is 5.14 Å². The van der Waals surface area contributed by atoms with Crippen LogP contribution in [-0.4, -0.2) is 18.0 Å². The van der Waals surface area contributed by atoms with Crippen molar-refractivity contribution >= 4 is 10.0 Å². The molecule has 0 aliphatic heterocycles. The summed E-state index contributed by atoms with van der Waals surface area (Å²) in [6, 6.07) is 3.04. The van der Waals surface area contributed by atoms with E-state index in [0.717, 1.165) is 23.5 Å². The minimum atomic E-state index is -3.71. The van der Waals surface area contributed by atoms with Crippen LogP contribution in [0.5, 0.6) is 5.75 Å². The van der Waals surface area contributed by atoms with Crippen molar-refractivity contribution < 1.29 is 13.2 Å². The van der Waals surface area contributed by atoms with Gasteiger partial charge >= 0.3 is 0 Å². The molecular formula is C14H19N3O3S. The smallest absolute Gasteiger partial charge is 0.238 e. The van der Waals surface area contributed by atoms with E-state index < -0.39 is 10.0 Å². The molecule has 0 radical (unpaired) electrons. The van der Waals surface area contributed by atoms with Crippen LogP contribution in [0, 0.1) is 13.8 Å². The molecule has 2 N–H and O–H groups in total. The second kappa shape index (κ2) is 5.87. The number of sulfonamides is 1. The summed E-state index contributed by atoms with van der Waals surface area (Å²) in [7, 11) is -3.71. The summed E-state index contributed by atoms with van der Waals surface area (Å²) in [5.74, 6) is 1.49. The molecule has 1 heterocycles. The van der Waals surface area contributed by atoms with Gasteiger partial charge in [-0.25, -0.2) is 18.5 Å². The number of rotatable bonds is 5. The molecule has 0 amide bonds. The molecule has 0 unspecified atom stereocenters. The molecule has 0 saturated heterocycles. The SMILES string of the molecule is CCn1ccnc1COc1c(C)cc(S(N)(=O)=O)cc1C. The molecule has 1 aromatic carbocycles. The van der Waals surface area contributed by atoms with Crippen molar-refractivity contribution in [3.05, 3.63) is 41.5 Å². The summed E-state index contributed by atoms with van der Waals surface area (Å²) in [5, 5.41) is 5.15. The predicted molar refractivity (Wildman–Crippen MR) is 79.5 cm³/mol. The Hall–Kier alpha value is -1.86. The van der Waals surface area contributed by atoms with Gasteiger partial charge in [0.1, 0.15) is 18.2 Å². The third-order valence-corrected chi connectivity index (χ3v) is 4.14. The molecule has 7 heteroatoms. The van der Waals surface area contributed by atoms with Crippen LogP contribution in [0.25, 0.3) is 0 Å². The molecular weight excluding hydrogens is 290 g/mol. The summed E-state index contributed by atoms with van der Waals surface area (Å²) in [6.45, 7) is 6.77. The van der Waals surface area contributed by atoms with Gasteiger partial charge in [0.25, 0.3) is 0 Å². The van der Waals surface area contributed by atoms with Crippen LogP contribution in [0.1, 0.15) is 23.9 Å². The van der Waals surface area contributed by atoms with Crippen LogP contribution in [0.15, 0.2) is 29.4 Å². The first-order valence-electron chi connectivity index (χ1n) is 6.59. The zero-order valence-electron chi connectivity index (χ0n) is 12.3. The lowest BCUT2D eigenvalue weighted by molar-refractivity contribution is 0.286. The summed E-state index contributed by atoms with van der Waals surface area (Å²) in [4.78, 5) is 4.34. The molecule has 6 nitrogen and oxygen atoms in total. The highest BCUT2D eigenvalue weighted by Crippen LogP contribution is 2.27. The number of aryl methyl sites for hydroxylation is 3. The number of nitrogens with zero attached hydrogens (tertiary/aromatic N) is 2. The highest BCUT2D eigenvalue weighted by atomic mass is 32.2. The normalized spacial score (nSPS) is 11.6. The first-order valence-corrected chi connectivity index (χ1v) is 8.14. The molecule has 0 spiro atoms. The van der Waals surface area contributed by atoms with Gasteiger partial charge in [-0.3, -0.25) is 0 Å². The Kier molecular flexibility index (Phi) is 4.34. The van der Waals surface area contributed by atoms with E-state index in [4.69, 9.17) is 9.88 Å². The summed E-state index contributed by atoms with van der Waals surface area (Å²) in [5.41, 5.74) is 1.46. The van der Waals surface area contributed by atoms with Gasteiger partial charge in [0.05, 0.1) is 4.90 Å². The average Bonchev–Trinajstić information content (AvgIpc) is 2.84. The molecule has 0 aliphatic rings. The van der Waals surface area contributed by atoms with Gasteiger partial charge in [-0.15, -0.1) is 0 Å². The van der Waals surface area contributed by atoms with Crippen LogP contribution in [-0.2, 0) is 23.2 Å². The van der Waals surface area contributed by atoms with Crippen molar-refractivity contribution in [2.45, 2.75) is 38.8 Å². The van der Waals surface area contributed by atoms with Crippen LogP contribution < -0.4 is 9.88 Å². The lowest BCUT2D eigenvalue weighted by Crippen LogP contribution is -2.13. The van der Waals surface area contributed by atoms with Crippen molar-refractivity contribution in [3.8, 4) is 5.75 Å². The maximum atomic E-state index is 11.4. The van der Waals surface area contributed by atoms with Gasteiger partial charge in [0.2, 0.25) is 10.0 Å². The Morgan fingerprint density at radius 3 is 2.43 bits per heavy atom. The third-order valence-electron chi connectivity index (χ3n) is 3.25. The molecule has 0 bridgehead atoms. The standard InChI is InChI=1S/C14H19N3O3S/c1-4-17-6-5-16-13(17)9-20-14-10(2)7-12(8-11(14)3)21(15,18)19/h5-8H,4,9H2,1-3H3,(H2,15,18,19). The predicted octanol–water partition coefficient (Wildman–Crippen LogP) is 1.75. The Bertz CT molecular complexity index is 728. The Labute approximate surface area is 124 Å². The number of aromatic nitrogens is 2. The van der Waals surface area contributed by atoms with E-state index in [1.807, 2.05) is 17.7 Å². The quantitative estimate of drug-likeness (QED) is 0.911. The number of primary sulfonamides is 1. The van der Waals surface area contributed by atoms with E-state index in [1.165, 1.54) is 12.1 Å². The van der Waals surface area contributed by atoms with Crippen molar-refractivity contribution in [1.82, 2.24) is 9.55 Å². The first-order chi connectivity index (χ1) is 9.82. The molecule has 2 rings (SSSR count). The average molecular weight is 309 g/mol. The maximum absolute atomic E-state index is 11.4. The summed E-state index contributed by atoms with van der Waals surface area (Å²) >= 11 is 0. The lowest BCUT2D eigenvalue weighted by atomic mass is 10.1. The Morgan fingerprint density at radius 1 is 1.29 bits per heavy atom. The maximum Gasteiger partial charge on any atom is 0.238 e. The number of ether oxygens (including phenoxy) is 1. The van der Waals surface area contributed by atoms with Crippen molar-refractivity contribution in [2.75, 3.05) is 0 Å².